The number of carbonyl (C=O) groups excluding carboxylic acids is 2. The Balaban J connectivity index is 1.20. The minimum Gasteiger partial charge on any atom is -0.486 e. The first kappa shape index (κ1) is 27.3. The molecule has 2 fully saturated rings. The first-order valence-corrected chi connectivity index (χ1v) is 13.4. The summed E-state index contributed by atoms with van der Waals surface area (Å²) < 4.78 is 55.5. The van der Waals surface area contributed by atoms with E-state index >= 15 is 0 Å². The summed E-state index contributed by atoms with van der Waals surface area (Å²) in [6.45, 7) is 5.76. The highest BCUT2D eigenvalue weighted by Gasteiger charge is 2.35. The van der Waals surface area contributed by atoms with E-state index < -0.39 is 6.36 Å². The second-order valence-electron chi connectivity index (χ2n) is 10.4. The molecule has 3 heterocycles. The van der Waals surface area contributed by atoms with Crippen molar-refractivity contribution in [2.75, 3.05) is 26.2 Å². The van der Waals surface area contributed by atoms with Gasteiger partial charge in [0.05, 0.1) is 12.2 Å². The first-order chi connectivity index (χ1) is 18.6. The Bertz CT molecular complexity index is 1200. The number of morpholine rings is 1. The fourth-order valence-electron chi connectivity index (χ4n) is 5.69. The van der Waals surface area contributed by atoms with Gasteiger partial charge in [0.25, 0.3) is 5.91 Å². The second-order valence-corrected chi connectivity index (χ2v) is 10.4. The molecule has 1 aliphatic carbocycles. The van der Waals surface area contributed by atoms with Gasteiger partial charge in [-0.05, 0) is 45.2 Å². The largest absolute Gasteiger partial charge is 0.573 e. The molecule has 2 amide bonds. The molecule has 212 valence electrons. The van der Waals surface area contributed by atoms with Gasteiger partial charge in [-0.15, -0.1) is 13.2 Å². The Morgan fingerprint density at radius 3 is 2.36 bits per heavy atom. The number of hydrogen-bond donors (Lipinski definition) is 0. The number of nitrogens with zero attached hydrogens (tertiary/aromatic N) is 4. The molecule has 0 radical (unpaired) electrons. The number of benzene rings is 1. The second kappa shape index (κ2) is 11.1. The van der Waals surface area contributed by atoms with Crippen molar-refractivity contribution in [3.8, 4) is 11.5 Å². The SMILES string of the molecule is C[C@@H]1CN(C(=O)c2nn(CC(=O)N3CCC(Oc4ccccc4OC(F)(F)F)CC3)c3c2CCC3)C[C@H](C)O1. The first-order valence-electron chi connectivity index (χ1n) is 13.4. The Labute approximate surface area is 224 Å². The number of hydrogen-bond acceptors (Lipinski definition) is 6. The van der Waals surface area contributed by atoms with Crippen LogP contribution in [0.25, 0.3) is 0 Å². The van der Waals surface area contributed by atoms with Gasteiger partial charge in [-0.3, -0.25) is 14.3 Å². The monoisotopic (exact) mass is 550 g/mol. The summed E-state index contributed by atoms with van der Waals surface area (Å²) in [4.78, 5) is 30.0. The number of para-hydroxylation sites is 2. The van der Waals surface area contributed by atoms with Gasteiger partial charge in [0.2, 0.25) is 5.91 Å². The Kier molecular flexibility index (Phi) is 7.75. The quantitative estimate of drug-likeness (QED) is 0.547. The third kappa shape index (κ3) is 6.32. The Morgan fingerprint density at radius 2 is 1.69 bits per heavy atom. The van der Waals surface area contributed by atoms with E-state index in [1.54, 1.807) is 20.5 Å². The highest BCUT2D eigenvalue weighted by molar-refractivity contribution is 5.94. The number of aromatic nitrogens is 2. The maximum absolute atomic E-state index is 13.4. The van der Waals surface area contributed by atoms with E-state index in [2.05, 4.69) is 9.84 Å². The zero-order valence-electron chi connectivity index (χ0n) is 22.1. The lowest BCUT2D eigenvalue weighted by molar-refractivity contribution is -0.275. The molecular weight excluding hydrogens is 517 g/mol. The van der Waals surface area contributed by atoms with E-state index in [1.807, 2.05) is 13.8 Å². The highest BCUT2D eigenvalue weighted by Crippen LogP contribution is 2.34. The summed E-state index contributed by atoms with van der Waals surface area (Å²) in [5.74, 6) is -0.594. The molecule has 3 aliphatic rings. The molecule has 2 saturated heterocycles. The summed E-state index contributed by atoms with van der Waals surface area (Å²) >= 11 is 0. The van der Waals surface area contributed by atoms with Crippen molar-refractivity contribution in [1.82, 2.24) is 19.6 Å². The molecule has 1 aromatic carbocycles. The number of rotatable bonds is 6. The van der Waals surface area contributed by atoms with Gasteiger partial charge < -0.3 is 24.0 Å². The summed E-state index contributed by atoms with van der Waals surface area (Å²) in [7, 11) is 0. The van der Waals surface area contributed by atoms with E-state index in [0.717, 1.165) is 30.5 Å². The minimum atomic E-state index is -4.81. The molecule has 2 atom stereocenters. The van der Waals surface area contributed by atoms with Crippen LogP contribution in [0.5, 0.6) is 11.5 Å². The van der Waals surface area contributed by atoms with Gasteiger partial charge in [-0.2, -0.15) is 5.10 Å². The molecule has 2 aliphatic heterocycles. The molecule has 0 bridgehead atoms. The predicted octanol–water partition coefficient (Wildman–Crippen LogP) is 3.59. The predicted molar refractivity (Wildman–Crippen MR) is 134 cm³/mol. The molecule has 5 rings (SSSR count). The summed E-state index contributed by atoms with van der Waals surface area (Å²) in [5.41, 5.74) is 2.32. The number of carbonyl (C=O) groups is 2. The molecule has 0 unspecified atom stereocenters. The van der Waals surface area contributed by atoms with Crippen molar-refractivity contribution >= 4 is 11.8 Å². The summed E-state index contributed by atoms with van der Waals surface area (Å²) in [6, 6.07) is 5.68. The van der Waals surface area contributed by atoms with Crippen LogP contribution < -0.4 is 9.47 Å². The molecule has 2 aromatic rings. The normalized spacial score (nSPS) is 22.1. The van der Waals surface area contributed by atoms with E-state index in [4.69, 9.17) is 9.47 Å². The molecule has 0 N–H and O–H groups in total. The molecule has 0 saturated carbocycles. The van der Waals surface area contributed by atoms with Crippen LogP contribution in [0.4, 0.5) is 13.2 Å². The molecule has 0 spiro atoms. The van der Waals surface area contributed by atoms with Crippen molar-refractivity contribution in [3.63, 3.8) is 0 Å². The number of piperidine rings is 1. The summed E-state index contributed by atoms with van der Waals surface area (Å²) in [6.07, 6.45) is -1.86. The van der Waals surface area contributed by atoms with Crippen molar-refractivity contribution in [2.24, 2.45) is 0 Å². The standard InChI is InChI=1S/C27H33F3N4O5/c1-17-14-33(15-18(2)37-17)26(36)25-20-6-5-7-21(20)34(31-25)16-24(35)32-12-10-19(11-13-32)38-22-8-3-4-9-23(22)39-27(28,29)30/h3-4,8-9,17-19H,5-7,10-16H2,1-2H3/t17-,18+. The van der Waals surface area contributed by atoms with Crippen LogP contribution in [0, 0.1) is 0 Å². The molecular formula is C27H33F3N4O5. The maximum atomic E-state index is 13.4. The number of halogens is 3. The van der Waals surface area contributed by atoms with Crippen LogP contribution in [0.1, 0.15) is 54.9 Å². The van der Waals surface area contributed by atoms with Gasteiger partial charge in [-0.25, -0.2) is 0 Å². The Morgan fingerprint density at radius 1 is 1.03 bits per heavy atom. The number of ether oxygens (including phenoxy) is 3. The van der Waals surface area contributed by atoms with Gasteiger partial charge in [0.15, 0.2) is 17.2 Å². The molecule has 1 aromatic heterocycles. The lowest BCUT2D eigenvalue weighted by Gasteiger charge is -2.35. The minimum absolute atomic E-state index is 0.0213. The van der Waals surface area contributed by atoms with Crippen LogP contribution in [-0.2, 0) is 28.9 Å². The average Bonchev–Trinajstić information content (AvgIpc) is 3.48. The van der Waals surface area contributed by atoms with Crippen molar-refractivity contribution < 1.29 is 37.0 Å². The number of fused-ring (bicyclic) bond motifs is 1. The lowest BCUT2D eigenvalue weighted by Crippen LogP contribution is -2.48. The number of amides is 2. The van der Waals surface area contributed by atoms with Gasteiger partial charge in [-0.1, -0.05) is 12.1 Å². The topological polar surface area (TPSA) is 86.1 Å². The third-order valence-corrected chi connectivity index (χ3v) is 7.36. The van der Waals surface area contributed by atoms with Crippen LogP contribution in [0.15, 0.2) is 24.3 Å². The average molecular weight is 551 g/mol. The summed E-state index contributed by atoms with van der Waals surface area (Å²) in [5, 5.41) is 4.61. The zero-order chi connectivity index (χ0) is 27.7. The highest BCUT2D eigenvalue weighted by atomic mass is 19.4. The number of alkyl halides is 3. The van der Waals surface area contributed by atoms with Crippen molar-refractivity contribution in [3.05, 3.63) is 41.2 Å². The molecule has 39 heavy (non-hydrogen) atoms. The molecule has 9 nitrogen and oxygen atoms in total. The van der Waals surface area contributed by atoms with Crippen molar-refractivity contribution in [2.45, 2.75) is 77.2 Å². The van der Waals surface area contributed by atoms with Crippen LogP contribution >= 0.6 is 0 Å². The fraction of sp³-hybridized carbons (Fsp3) is 0.593. The third-order valence-electron chi connectivity index (χ3n) is 7.36. The van der Waals surface area contributed by atoms with E-state index in [9.17, 15) is 22.8 Å². The van der Waals surface area contributed by atoms with Crippen molar-refractivity contribution in [1.29, 1.82) is 0 Å². The number of likely N-dealkylation sites (tertiary alicyclic amines) is 1. The van der Waals surface area contributed by atoms with Crippen LogP contribution in [0.3, 0.4) is 0 Å². The van der Waals surface area contributed by atoms with Gasteiger partial charge in [0.1, 0.15) is 12.6 Å². The lowest BCUT2D eigenvalue weighted by atomic mass is 10.1. The van der Waals surface area contributed by atoms with Gasteiger partial charge >= 0.3 is 6.36 Å². The smallest absolute Gasteiger partial charge is 0.486 e. The Hall–Kier alpha value is -3.28. The maximum Gasteiger partial charge on any atom is 0.573 e. The molecule has 12 heteroatoms. The zero-order valence-corrected chi connectivity index (χ0v) is 22.1. The van der Waals surface area contributed by atoms with Crippen LogP contribution in [0.2, 0.25) is 0 Å². The van der Waals surface area contributed by atoms with E-state index in [-0.39, 0.29) is 48.2 Å². The van der Waals surface area contributed by atoms with Crippen LogP contribution in [-0.4, -0.2) is 82.2 Å². The fourth-order valence-corrected chi connectivity index (χ4v) is 5.69. The van der Waals surface area contributed by atoms with E-state index in [1.165, 1.54) is 18.2 Å². The van der Waals surface area contributed by atoms with Gasteiger partial charge in [0, 0.05) is 50.3 Å². The van der Waals surface area contributed by atoms with E-state index in [0.29, 0.717) is 44.7 Å².